The number of nitrogens with one attached hydrogen (secondary N) is 1. The quantitative estimate of drug-likeness (QED) is 0.920. The Kier molecular flexibility index (Phi) is 3.29. The number of thiazole rings is 1. The lowest BCUT2D eigenvalue weighted by Gasteiger charge is -2.13. The van der Waals surface area contributed by atoms with E-state index in [2.05, 4.69) is 35.4 Å². The van der Waals surface area contributed by atoms with Crippen LogP contribution in [0.3, 0.4) is 0 Å². The van der Waals surface area contributed by atoms with Crippen molar-refractivity contribution < 1.29 is 4.79 Å². The molecule has 0 aliphatic heterocycles. The molecule has 3 nitrogen and oxygen atoms in total. The first-order valence-corrected chi connectivity index (χ1v) is 7.34. The second-order valence-electron chi connectivity index (χ2n) is 4.74. The number of rotatable bonds is 2. The standard InChI is InChI=1S/C14H13ClN2OS/c1-8-2-4-10-9(6-8)3-5-11(10)17-13(18)12-7-16-14(15)19-12/h2,4,6-7,11H,3,5H2,1H3,(H,17,18)/t11-/m1/s1. The molecular formula is C14H13ClN2OS. The Balaban J connectivity index is 1.78. The summed E-state index contributed by atoms with van der Waals surface area (Å²) >= 11 is 6.95. The molecule has 0 fully saturated rings. The molecule has 0 unspecified atom stereocenters. The van der Waals surface area contributed by atoms with Crippen molar-refractivity contribution in [3.05, 3.63) is 50.4 Å². The predicted octanol–water partition coefficient (Wildman–Crippen LogP) is 3.52. The third-order valence-electron chi connectivity index (χ3n) is 3.38. The first kappa shape index (κ1) is 12.6. The molecule has 0 saturated heterocycles. The molecule has 19 heavy (non-hydrogen) atoms. The second-order valence-corrected chi connectivity index (χ2v) is 6.36. The lowest BCUT2D eigenvalue weighted by molar-refractivity contribution is 0.0940. The van der Waals surface area contributed by atoms with Crippen LogP contribution >= 0.6 is 22.9 Å². The SMILES string of the molecule is Cc1ccc2c(c1)CC[C@H]2NC(=O)c1cnc(Cl)s1. The third-order valence-corrected chi connectivity index (χ3v) is 4.50. The van der Waals surface area contributed by atoms with E-state index in [-0.39, 0.29) is 11.9 Å². The zero-order valence-electron chi connectivity index (χ0n) is 10.4. The number of hydrogen-bond donors (Lipinski definition) is 1. The molecule has 5 heteroatoms. The van der Waals surface area contributed by atoms with Gasteiger partial charge in [-0.05, 0) is 30.9 Å². The maximum Gasteiger partial charge on any atom is 0.263 e. The molecule has 0 bridgehead atoms. The van der Waals surface area contributed by atoms with Gasteiger partial charge in [0.1, 0.15) is 4.88 Å². The van der Waals surface area contributed by atoms with E-state index in [0.717, 1.165) is 12.8 Å². The van der Waals surface area contributed by atoms with Gasteiger partial charge in [0.25, 0.3) is 5.91 Å². The van der Waals surface area contributed by atoms with Gasteiger partial charge in [-0.2, -0.15) is 0 Å². The number of carbonyl (C=O) groups is 1. The molecule has 1 heterocycles. The van der Waals surface area contributed by atoms with Crippen LogP contribution < -0.4 is 5.32 Å². The van der Waals surface area contributed by atoms with Crippen molar-refractivity contribution in [1.29, 1.82) is 0 Å². The Labute approximate surface area is 120 Å². The van der Waals surface area contributed by atoms with E-state index < -0.39 is 0 Å². The number of halogens is 1. The minimum absolute atomic E-state index is 0.0946. The summed E-state index contributed by atoms with van der Waals surface area (Å²) < 4.78 is 0.396. The monoisotopic (exact) mass is 292 g/mol. The molecule has 0 radical (unpaired) electrons. The Hall–Kier alpha value is -1.39. The summed E-state index contributed by atoms with van der Waals surface area (Å²) in [7, 11) is 0. The van der Waals surface area contributed by atoms with Crippen molar-refractivity contribution >= 4 is 28.8 Å². The summed E-state index contributed by atoms with van der Waals surface area (Å²) in [4.78, 5) is 16.5. The van der Waals surface area contributed by atoms with Crippen LogP contribution in [0.4, 0.5) is 0 Å². The van der Waals surface area contributed by atoms with Gasteiger partial charge >= 0.3 is 0 Å². The predicted molar refractivity (Wildman–Crippen MR) is 76.8 cm³/mol. The second kappa shape index (κ2) is 4.94. The maximum atomic E-state index is 12.1. The van der Waals surface area contributed by atoms with Gasteiger partial charge in [-0.25, -0.2) is 4.98 Å². The first-order valence-electron chi connectivity index (χ1n) is 6.15. The average molecular weight is 293 g/mol. The van der Waals surface area contributed by atoms with Crippen molar-refractivity contribution in [2.45, 2.75) is 25.8 Å². The van der Waals surface area contributed by atoms with Gasteiger partial charge in [-0.3, -0.25) is 4.79 Å². The summed E-state index contributed by atoms with van der Waals surface area (Å²) in [5.41, 5.74) is 3.84. The smallest absolute Gasteiger partial charge is 0.263 e. The number of benzene rings is 1. The number of nitrogens with zero attached hydrogens (tertiary/aromatic N) is 1. The molecule has 1 aliphatic rings. The van der Waals surface area contributed by atoms with Crippen LogP contribution in [0.25, 0.3) is 0 Å². The van der Waals surface area contributed by atoms with Crippen molar-refractivity contribution in [2.24, 2.45) is 0 Å². The first-order chi connectivity index (χ1) is 9.13. The molecule has 1 aliphatic carbocycles. The molecule has 0 saturated carbocycles. The van der Waals surface area contributed by atoms with Crippen LogP contribution in [-0.2, 0) is 6.42 Å². The van der Waals surface area contributed by atoms with E-state index in [0.29, 0.717) is 9.34 Å². The Morgan fingerprint density at radius 2 is 2.37 bits per heavy atom. The van der Waals surface area contributed by atoms with Crippen LogP contribution in [0.1, 0.15) is 38.8 Å². The summed E-state index contributed by atoms with van der Waals surface area (Å²) in [6, 6.07) is 6.50. The van der Waals surface area contributed by atoms with Gasteiger partial charge < -0.3 is 5.32 Å². The van der Waals surface area contributed by atoms with Crippen molar-refractivity contribution in [2.75, 3.05) is 0 Å². The van der Waals surface area contributed by atoms with E-state index in [9.17, 15) is 4.79 Å². The van der Waals surface area contributed by atoms with Gasteiger partial charge in [-0.1, -0.05) is 46.7 Å². The van der Waals surface area contributed by atoms with E-state index >= 15 is 0 Å². The third kappa shape index (κ3) is 2.51. The fraction of sp³-hybridized carbons (Fsp3) is 0.286. The topological polar surface area (TPSA) is 42.0 Å². The Morgan fingerprint density at radius 1 is 1.53 bits per heavy atom. The summed E-state index contributed by atoms with van der Waals surface area (Å²) in [6.45, 7) is 2.09. The highest BCUT2D eigenvalue weighted by molar-refractivity contribution is 7.17. The van der Waals surface area contributed by atoms with Crippen LogP contribution in [0.2, 0.25) is 4.47 Å². The number of hydrogen-bond acceptors (Lipinski definition) is 3. The highest BCUT2D eigenvalue weighted by Gasteiger charge is 2.24. The Bertz CT molecular complexity index is 638. The molecule has 1 amide bonds. The minimum atomic E-state index is -0.0946. The highest BCUT2D eigenvalue weighted by Crippen LogP contribution is 2.32. The molecule has 3 rings (SSSR count). The van der Waals surface area contributed by atoms with Crippen LogP contribution in [-0.4, -0.2) is 10.9 Å². The molecule has 1 N–H and O–H groups in total. The van der Waals surface area contributed by atoms with E-state index in [4.69, 9.17) is 11.6 Å². The number of fused-ring (bicyclic) bond motifs is 1. The zero-order chi connectivity index (χ0) is 13.4. The van der Waals surface area contributed by atoms with E-state index in [1.54, 1.807) is 0 Å². The summed E-state index contributed by atoms with van der Waals surface area (Å²) in [5, 5.41) is 3.06. The molecule has 0 spiro atoms. The fourth-order valence-corrected chi connectivity index (χ4v) is 3.33. The average Bonchev–Trinajstić information content (AvgIpc) is 2.96. The molecule has 1 atom stereocenters. The normalized spacial score (nSPS) is 17.3. The maximum absolute atomic E-state index is 12.1. The van der Waals surface area contributed by atoms with E-state index in [1.165, 1.54) is 34.2 Å². The lowest BCUT2D eigenvalue weighted by Crippen LogP contribution is -2.26. The molecule has 2 aromatic rings. The van der Waals surface area contributed by atoms with Crippen molar-refractivity contribution in [3.8, 4) is 0 Å². The van der Waals surface area contributed by atoms with Crippen LogP contribution in [0.5, 0.6) is 0 Å². The van der Waals surface area contributed by atoms with Gasteiger partial charge in [-0.15, -0.1) is 0 Å². The minimum Gasteiger partial charge on any atom is -0.344 e. The number of carbonyl (C=O) groups excluding carboxylic acids is 1. The number of amides is 1. The van der Waals surface area contributed by atoms with Gasteiger partial charge in [0, 0.05) is 0 Å². The Morgan fingerprint density at radius 3 is 3.11 bits per heavy atom. The summed E-state index contributed by atoms with van der Waals surface area (Å²) in [6.07, 6.45) is 3.50. The fourth-order valence-electron chi connectivity index (χ4n) is 2.48. The van der Waals surface area contributed by atoms with Crippen molar-refractivity contribution in [3.63, 3.8) is 0 Å². The van der Waals surface area contributed by atoms with Crippen LogP contribution in [0.15, 0.2) is 24.4 Å². The molecule has 98 valence electrons. The summed E-state index contributed by atoms with van der Waals surface area (Å²) in [5.74, 6) is -0.0946. The molecule has 1 aromatic heterocycles. The molecular weight excluding hydrogens is 280 g/mol. The lowest BCUT2D eigenvalue weighted by atomic mass is 10.1. The van der Waals surface area contributed by atoms with Crippen molar-refractivity contribution in [1.82, 2.24) is 10.3 Å². The van der Waals surface area contributed by atoms with Crippen LogP contribution in [0, 0.1) is 6.92 Å². The highest BCUT2D eigenvalue weighted by atomic mass is 35.5. The van der Waals surface area contributed by atoms with E-state index in [1.807, 2.05) is 0 Å². The number of aromatic nitrogens is 1. The number of aryl methyl sites for hydroxylation is 2. The van der Waals surface area contributed by atoms with Gasteiger partial charge in [0.05, 0.1) is 12.2 Å². The largest absolute Gasteiger partial charge is 0.344 e. The molecule has 1 aromatic carbocycles. The zero-order valence-corrected chi connectivity index (χ0v) is 12.0. The van der Waals surface area contributed by atoms with Gasteiger partial charge in [0.15, 0.2) is 4.47 Å². The van der Waals surface area contributed by atoms with Gasteiger partial charge in [0.2, 0.25) is 0 Å².